The Bertz CT molecular complexity index is 297. The summed E-state index contributed by atoms with van der Waals surface area (Å²) in [5.41, 5.74) is 0. The summed E-state index contributed by atoms with van der Waals surface area (Å²) in [6.07, 6.45) is 0. The summed E-state index contributed by atoms with van der Waals surface area (Å²) in [5.74, 6) is 3.96. The summed E-state index contributed by atoms with van der Waals surface area (Å²) in [6, 6.07) is 4.30. The summed E-state index contributed by atoms with van der Waals surface area (Å²) < 4.78 is 1.22. The first-order chi connectivity index (χ1) is 7.34. The maximum atomic E-state index is 3.54. The molecule has 1 unspecified atom stereocenters. The molecule has 0 bridgehead atoms. The van der Waals surface area contributed by atoms with Gasteiger partial charge in [-0.15, -0.1) is 11.3 Å². The Hall–Kier alpha value is 0.840. The van der Waals surface area contributed by atoms with Gasteiger partial charge in [0.1, 0.15) is 0 Å². The van der Waals surface area contributed by atoms with E-state index in [1.165, 1.54) is 25.9 Å². The van der Waals surface area contributed by atoms with E-state index in [9.17, 15) is 0 Å². The molecule has 1 aliphatic heterocycles. The lowest BCUT2D eigenvalue weighted by molar-refractivity contribution is 0.693. The molecule has 1 aromatic heterocycles. The zero-order chi connectivity index (χ0) is 10.5. The van der Waals surface area contributed by atoms with Crippen LogP contribution in [0.15, 0.2) is 15.9 Å². The van der Waals surface area contributed by atoms with E-state index in [0.717, 1.165) is 18.3 Å². The van der Waals surface area contributed by atoms with Crippen molar-refractivity contribution in [3.05, 3.63) is 20.8 Å². The zero-order valence-electron chi connectivity index (χ0n) is 8.37. The number of nitrogens with one attached hydrogen (secondary N) is 1. The maximum Gasteiger partial charge on any atom is 0.0701 e. The molecule has 0 spiro atoms. The first-order valence-corrected chi connectivity index (χ1v) is 8.80. The van der Waals surface area contributed by atoms with Crippen molar-refractivity contribution >= 4 is 50.8 Å². The molecule has 0 saturated carbocycles. The van der Waals surface area contributed by atoms with Crippen molar-refractivity contribution in [1.82, 2.24) is 5.32 Å². The molecule has 1 aromatic rings. The third-order valence-electron chi connectivity index (χ3n) is 2.19. The number of hydrogen-bond donors (Lipinski definition) is 1. The highest BCUT2D eigenvalue weighted by atomic mass is 79.9. The fourth-order valence-electron chi connectivity index (χ4n) is 1.46. The van der Waals surface area contributed by atoms with Crippen LogP contribution in [0.5, 0.6) is 0 Å². The third kappa shape index (κ3) is 4.30. The molecule has 1 aliphatic rings. The second-order valence-electron chi connectivity index (χ2n) is 3.40. The number of thiophene rings is 1. The van der Waals surface area contributed by atoms with Gasteiger partial charge in [0.25, 0.3) is 0 Å². The minimum absolute atomic E-state index is 0.812. The molecule has 0 radical (unpaired) electrons. The average molecular weight is 324 g/mol. The van der Waals surface area contributed by atoms with E-state index in [4.69, 9.17) is 0 Å². The molecule has 5 heteroatoms. The lowest BCUT2D eigenvalue weighted by Crippen LogP contribution is -2.28. The molecule has 1 atom stereocenters. The van der Waals surface area contributed by atoms with Crippen molar-refractivity contribution in [2.45, 2.75) is 11.8 Å². The van der Waals surface area contributed by atoms with Gasteiger partial charge in [0, 0.05) is 40.5 Å². The second-order valence-corrected chi connectivity index (χ2v) is 8.51. The molecule has 1 saturated heterocycles. The molecule has 2 heterocycles. The second kappa shape index (κ2) is 6.55. The average Bonchev–Trinajstić information content (AvgIpc) is 2.66. The lowest BCUT2D eigenvalue weighted by atomic mass is 10.4. The largest absolute Gasteiger partial charge is 0.311 e. The standard InChI is InChI=1S/C10H14BrNS3/c11-10-2-1-8(15-10)5-12-6-9-7-13-3-4-14-9/h1-2,9,12H,3-7H2. The summed E-state index contributed by atoms with van der Waals surface area (Å²) in [5, 5.41) is 4.35. The van der Waals surface area contributed by atoms with Crippen LogP contribution in [0, 0.1) is 0 Å². The monoisotopic (exact) mass is 323 g/mol. The Morgan fingerprint density at radius 3 is 3.00 bits per heavy atom. The van der Waals surface area contributed by atoms with Crippen molar-refractivity contribution in [3.63, 3.8) is 0 Å². The van der Waals surface area contributed by atoms with Gasteiger partial charge in [-0.05, 0) is 28.1 Å². The van der Waals surface area contributed by atoms with E-state index < -0.39 is 0 Å². The molecule has 2 rings (SSSR count). The minimum atomic E-state index is 0.812. The molecule has 84 valence electrons. The number of thioether (sulfide) groups is 2. The SMILES string of the molecule is Brc1ccc(CNCC2CSCCS2)s1. The highest BCUT2D eigenvalue weighted by Gasteiger charge is 2.13. The minimum Gasteiger partial charge on any atom is -0.311 e. The third-order valence-corrected chi connectivity index (χ3v) is 6.65. The highest BCUT2D eigenvalue weighted by Crippen LogP contribution is 2.24. The summed E-state index contributed by atoms with van der Waals surface area (Å²) in [6.45, 7) is 2.16. The van der Waals surface area contributed by atoms with Crippen LogP contribution in [0.2, 0.25) is 0 Å². The van der Waals surface area contributed by atoms with Crippen LogP contribution in [0.3, 0.4) is 0 Å². The van der Waals surface area contributed by atoms with E-state index in [-0.39, 0.29) is 0 Å². The smallest absolute Gasteiger partial charge is 0.0701 e. The Balaban J connectivity index is 1.65. The van der Waals surface area contributed by atoms with E-state index in [2.05, 4.69) is 56.9 Å². The molecule has 1 nitrogen and oxygen atoms in total. The molecule has 15 heavy (non-hydrogen) atoms. The predicted octanol–water partition coefficient (Wildman–Crippen LogP) is 3.45. The molecular weight excluding hydrogens is 310 g/mol. The maximum absolute atomic E-state index is 3.54. The summed E-state index contributed by atoms with van der Waals surface area (Å²) in [4.78, 5) is 1.41. The van der Waals surface area contributed by atoms with Crippen LogP contribution in [0.1, 0.15) is 4.88 Å². The lowest BCUT2D eigenvalue weighted by Gasteiger charge is -2.20. The van der Waals surface area contributed by atoms with Gasteiger partial charge >= 0.3 is 0 Å². The van der Waals surface area contributed by atoms with E-state index >= 15 is 0 Å². The fraction of sp³-hybridized carbons (Fsp3) is 0.600. The number of rotatable bonds is 4. The summed E-state index contributed by atoms with van der Waals surface area (Å²) in [7, 11) is 0. The van der Waals surface area contributed by atoms with Crippen LogP contribution >= 0.6 is 50.8 Å². The van der Waals surface area contributed by atoms with E-state index in [1.54, 1.807) is 0 Å². The predicted molar refractivity (Wildman–Crippen MR) is 77.3 cm³/mol. The van der Waals surface area contributed by atoms with Gasteiger partial charge in [0.15, 0.2) is 0 Å². The fourth-order valence-corrected chi connectivity index (χ4v) is 5.56. The van der Waals surface area contributed by atoms with Crippen molar-refractivity contribution in [1.29, 1.82) is 0 Å². The Kier molecular flexibility index (Phi) is 5.37. The van der Waals surface area contributed by atoms with Gasteiger partial charge in [-0.25, -0.2) is 0 Å². The van der Waals surface area contributed by atoms with Gasteiger partial charge in [-0.1, -0.05) is 0 Å². The van der Waals surface area contributed by atoms with Gasteiger partial charge in [-0.2, -0.15) is 23.5 Å². The summed E-state index contributed by atoms with van der Waals surface area (Å²) >= 11 is 9.50. The molecular formula is C10H14BrNS3. The van der Waals surface area contributed by atoms with Crippen LogP contribution in [-0.4, -0.2) is 29.1 Å². The quantitative estimate of drug-likeness (QED) is 0.911. The molecule has 0 amide bonds. The zero-order valence-corrected chi connectivity index (χ0v) is 12.4. The van der Waals surface area contributed by atoms with Crippen LogP contribution in [0.25, 0.3) is 0 Å². The first kappa shape index (κ1) is 12.3. The van der Waals surface area contributed by atoms with Gasteiger partial charge < -0.3 is 5.32 Å². The molecule has 0 aliphatic carbocycles. The van der Waals surface area contributed by atoms with Gasteiger partial charge in [-0.3, -0.25) is 0 Å². The molecule has 1 N–H and O–H groups in total. The number of hydrogen-bond acceptors (Lipinski definition) is 4. The first-order valence-electron chi connectivity index (χ1n) is 4.99. The number of halogens is 1. The Morgan fingerprint density at radius 2 is 2.33 bits per heavy atom. The van der Waals surface area contributed by atoms with Crippen LogP contribution in [-0.2, 0) is 6.54 Å². The van der Waals surface area contributed by atoms with Crippen molar-refractivity contribution in [2.75, 3.05) is 23.8 Å². The molecule has 0 aromatic carbocycles. The van der Waals surface area contributed by atoms with Crippen LogP contribution in [0.4, 0.5) is 0 Å². The van der Waals surface area contributed by atoms with Crippen molar-refractivity contribution in [2.24, 2.45) is 0 Å². The highest BCUT2D eigenvalue weighted by molar-refractivity contribution is 9.11. The van der Waals surface area contributed by atoms with Crippen LogP contribution < -0.4 is 5.32 Å². The molecule has 1 fully saturated rings. The van der Waals surface area contributed by atoms with E-state index in [1.807, 2.05) is 11.3 Å². The normalized spacial score (nSPS) is 21.8. The Labute approximate surface area is 112 Å². The van der Waals surface area contributed by atoms with Gasteiger partial charge in [0.05, 0.1) is 3.79 Å². The Morgan fingerprint density at radius 1 is 1.40 bits per heavy atom. The van der Waals surface area contributed by atoms with Crippen molar-refractivity contribution < 1.29 is 0 Å². The topological polar surface area (TPSA) is 12.0 Å². The van der Waals surface area contributed by atoms with E-state index in [0.29, 0.717) is 0 Å². The van der Waals surface area contributed by atoms with Gasteiger partial charge in [0.2, 0.25) is 0 Å². The van der Waals surface area contributed by atoms with Crippen molar-refractivity contribution in [3.8, 4) is 0 Å².